The summed E-state index contributed by atoms with van der Waals surface area (Å²) in [6.45, 7) is 11.2. The van der Waals surface area contributed by atoms with Crippen molar-refractivity contribution in [1.82, 2.24) is 4.98 Å². The van der Waals surface area contributed by atoms with Gasteiger partial charge in [-0.1, -0.05) is 53.0 Å². The van der Waals surface area contributed by atoms with Crippen molar-refractivity contribution in [2.75, 3.05) is 0 Å². The number of benzene rings is 1. The average molecular weight is 544 g/mol. The number of cyclic esters (lactones) is 1. The van der Waals surface area contributed by atoms with Gasteiger partial charge in [-0.3, -0.25) is 9.59 Å². The number of aliphatic hydroxyl groups excluding tert-OH is 2. The van der Waals surface area contributed by atoms with Crippen LogP contribution in [0.1, 0.15) is 104 Å². The number of carbonyl (C=O) groups excluding carboxylic acids is 2. The van der Waals surface area contributed by atoms with E-state index in [9.17, 15) is 19.8 Å². The quantitative estimate of drug-likeness (QED) is 0.377. The number of esters is 1. The molecule has 0 amide bonds. The highest BCUT2D eigenvalue weighted by atomic mass is 16.6. The average Bonchev–Trinajstić information content (AvgIpc) is 3.34. The summed E-state index contributed by atoms with van der Waals surface area (Å²) >= 11 is 0. The summed E-state index contributed by atoms with van der Waals surface area (Å²) in [5.41, 5.74) is 0.572. The van der Waals surface area contributed by atoms with Gasteiger partial charge in [-0.15, -0.1) is 0 Å². The Balaban J connectivity index is 1.62. The van der Waals surface area contributed by atoms with Gasteiger partial charge in [-0.05, 0) is 49.8 Å². The van der Waals surface area contributed by atoms with Gasteiger partial charge in [-0.2, -0.15) is 0 Å². The fraction of sp³-hybridized carbons (Fsp3) is 0.710. The predicted molar refractivity (Wildman–Crippen MR) is 147 cm³/mol. The smallest absolute Gasteiger partial charge is 0.309 e. The monoisotopic (exact) mass is 543 g/mol. The molecule has 2 aliphatic heterocycles. The molecule has 1 aromatic carbocycles. The Morgan fingerprint density at radius 2 is 1.90 bits per heavy atom. The molecule has 0 unspecified atom stereocenters. The molecule has 0 bridgehead atoms. The van der Waals surface area contributed by atoms with Gasteiger partial charge in [0.1, 0.15) is 17.4 Å². The number of aromatic nitrogens is 1. The molecule has 1 aromatic heterocycles. The van der Waals surface area contributed by atoms with Crippen LogP contribution in [0.4, 0.5) is 0 Å². The molecular formula is C31H45NO7. The maximum atomic E-state index is 13.8. The molecule has 3 heterocycles. The molecule has 0 radical (unpaired) electrons. The Kier molecular flexibility index (Phi) is 8.89. The first-order valence-electron chi connectivity index (χ1n) is 14.5. The second-order valence-electron chi connectivity index (χ2n) is 12.5. The molecule has 0 spiro atoms. The van der Waals surface area contributed by atoms with E-state index in [-0.39, 0.29) is 29.8 Å². The number of aryl methyl sites for hydroxylation is 1. The highest BCUT2D eigenvalue weighted by Gasteiger charge is 2.53. The van der Waals surface area contributed by atoms with Crippen LogP contribution in [-0.4, -0.2) is 50.9 Å². The number of ether oxygens (including phenoxy) is 2. The summed E-state index contributed by atoms with van der Waals surface area (Å²) < 4.78 is 17.7. The lowest BCUT2D eigenvalue weighted by Crippen LogP contribution is -2.46. The third kappa shape index (κ3) is 6.55. The van der Waals surface area contributed by atoms with Crippen molar-refractivity contribution in [1.29, 1.82) is 0 Å². The zero-order valence-electron chi connectivity index (χ0n) is 24.2. The molecule has 2 aromatic rings. The Morgan fingerprint density at radius 1 is 1.15 bits per heavy atom. The fourth-order valence-electron chi connectivity index (χ4n) is 6.00. The van der Waals surface area contributed by atoms with Crippen molar-refractivity contribution in [3.63, 3.8) is 0 Å². The van der Waals surface area contributed by atoms with E-state index in [1.807, 2.05) is 25.1 Å². The minimum Gasteiger partial charge on any atom is -0.457 e. The number of epoxide rings is 1. The number of ketones is 1. The lowest BCUT2D eigenvalue weighted by molar-refractivity contribution is -0.156. The van der Waals surface area contributed by atoms with E-state index >= 15 is 0 Å². The summed E-state index contributed by atoms with van der Waals surface area (Å²) in [6.07, 6.45) is 2.10. The number of oxazole rings is 1. The number of rotatable bonds is 4. The number of fused-ring (bicyclic) bond motifs is 2. The molecule has 2 fully saturated rings. The number of aliphatic hydroxyl groups is 2. The van der Waals surface area contributed by atoms with Crippen LogP contribution in [0.5, 0.6) is 0 Å². The van der Waals surface area contributed by atoms with Crippen LogP contribution in [0.15, 0.2) is 22.6 Å². The number of unbranched alkanes of at least 4 members (excludes halogenated alkanes) is 1. The molecular weight excluding hydrogens is 498 g/mol. The highest BCUT2D eigenvalue weighted by Crippen LogP contribution is 2.47. The lowest BCUT2D eigenvalue weighted by Gasteiger charge is -2.36. The second kappa shape index (κ2) is 11.7. The second-order valence-corrected chi connectivity index (χ2v) is 12.5. The molecule has 8 heteroatoms. The molecule has 7 atom stereocenters. The molecule has 216 valence electrons. The van der Waals surface area contributed by atoms with E-state index in [0.29, 0.717) is 29.8 Å². The number of hydrogen-bond acceptors (Lipinski definition) is 8. The van der Waals surface area contributed by atoms with Gasteiger partial charge in [0.05, 0.1) is 35.7 Å². The third-order valence-electron chi connectivity index (χ3n) is 8.99. The Bertz CT molecular complexity index is 1170. The van der Waals surface area contributed by atoms with Crippen molar-refractivity contribution in [2.45, 2.75) is 123 Å². The van der Waals surface area contributed by atoms with Crippen molar-refractivity contribution in [3.05, 3.63) is 29.7 Å². The van der Waals surface area contributed by atoms with Crippen LogP contribution in [0.3, 0.4) is 0 Å². The first-order valence-corrected chi connectivity index (χ1v) is 14.5. The zero-order chi connectivity index (χ0) is 28.5. The van der Waals surface area contributed by atoms with Crippen molar-refractivity contribution in [2.24, 2.45) is 17.3 Å². The standard InChI is InChI=1S/C31H45NO7/c1-7-8-11-21-28(35)18(2)10-9-14-31(6)26(39-31)16-24(20-12-13-23-22(15-20)32-19(3)37-23)38-27(34)17-25(33)30(4,5)29(21)36/h12-13,15,18,21,24-26,28,33,35H,7-11,14,16-17H2,1-6H3/t18-,21+,24-,25-,26-,28-,31+/m0/s1. The molecule has 8 nitrogen and oxygen atoms in total. The largest absolute Gasteiger partial charge is 0.457 e. The summed E-state index contributed by atoms with van der Waals surface area (Å²) in [4.78, 5) is 31.4. The van der Waals surface area contributed by atoms with Gasteiger partial charge in [0.2, 0.25) is 0 Å². The fourth-order valence-corrected chi connectivity index (χ4v) is 6.00. The molecule has 2 saturated heterocycles. The van der Waals surface area contributed by atoms with Crippen LogP contribution < -0.4 is 0 Å². The summed E-state index contributed by atoms with van der Waals surface area (Å²) in [5, 5.41) is 22.4. The number of carbonyl (C=O) groups is 2. The van der Waals surface area contributed by atoms with Crippen LogP contribution in [-0.2, 0) is 19.1 Å². The van der Waals surface area contributed by atoms with Gasteiger partial charge in [0.15, 0.2) is 11.5 Å². The van der Waals surface area contributed by atoms with E-state index in [1.165, 1.54) is 0 Å². The molecule has 0 saturated carbocycles. The van der Waals surface area contributed by atoms with Crippen LogP contribution in [0, 0.1) is 24.2 Å². The predicted octanol–water partition coefficient (Wildman–Crippen LogP) is 5.60. The van der Waals surface area contributed by atoms with Gasteiger partial charge in [-0.25, -0.2) is 4.98 Å². The minimum atomic E-state index is -1.25. The molecule has 4 rings (SSSR count). The van der Waals surface area contributed by atoms with E-state index in [1.54, 1.807) is 20.8 Å². The maximum absolute atomic E-state index is 13.8. The SMILES string of the molecule is CCCC[C@H]1C(=O)C(C)(C)[C@@H](O)CC(=O)O[C@H](c2ccc3oc(C)nc3c2)C[C@@H]2O[C@]2(C)CCC[C@H](C)[C@@H]1O. The topological polar surface area (TPSA) is 122 Å². The normalized spacial score (nSPS) is 34.5. The van der Waals surface area contributed by atoms with E-state index in [0.717, 1.165) is 37.7 Å². The molecule has 39 heavy (non-hydrogen) atoms. The lowest BCUT2D eigenvalue weighted by atomic mass is 9.71. The van der Waals surface area contributed by atoms with E-state index in [2.05, 4.69) is 18.8 Å². The molecule has 2 N–H and O–H groups in total. The Labute approximate surface area is 231 Å². The van der Waals surface area contributed by atoms with E-state index < -0.39 is 35.6 Å². The van der Waals surface area contributed by atoms with Gasteiger partial charge in [0, 0.05) is 19.3 Å². The Morgan fingerprint density at radius 3 is 2.62 bits per heavy atom. The summed E-state index contributed by atoms with van der Waals surface area (Å²) in [5.74, 6) is -0.906. The maximum Gasteiger partial charge on any atom is 0.309 e. The van der Waals surface area contributed by atoms with Gasteiger partial charge < -0.3 is 24.1 Å². The van der Waals surface area contributed by atoms with Crippen molar-refractivity contribution < 1.29 is 33.7 Å². The minimum absolute atomic E-state index is 0.0761. The first kappa shape index (κ1) is 29.7. The van der Waals surface area contributed by atoms with Crippen LogP contribution >= 0.6 is 0 Å². The van der Waals surface area contributed by atoms with Gasteiger partial charge >= 0.3 is 5.97 Å². The van der Waals surface area contributed by atoms with Crippen molar-refractivity contribution in [3.8, 4) is 0 Å². The van der Waals surface area contributed by atoms with E-state index in [4.69, 9.17) is 13.9 Å². The number of Topliss-reactive ketones (excluding diaryl/α,β-unsaturated/α-hetero) is 1. The number of hydrogen-bond donors (Lipinski definition) is 2. The summed E-state index contributed by atoms with van der Waals surface area (Å²) in [7, 11) is 0. The Hall–Kier alpha value is -2.29. The first-order chi connectivity index (χ1) is 18.4. The molecule has 0 aliphatic carbocycles. The summed E-state index contributed by atoms with van der Waals surface area (Å²) in [6, 6.07) is 5.56. The highest BCUT2D eigenvalue weighted by molar-refractivity contribution is 5.88. The number of nitrogens with zero attached hydrogens (tertiary/aromatic N) is 1. The third-order valence-corrected chi connectivity index (χ3v) is 8.99. The zero-order valence-corrected chi connectivity index (χ0v) is 24.2. The van der Waals surface area contributed by atoms with Crippen molar-refractivity contribution >= 4 is 22.9 Å². The van der Waals surface area contributed by atoms with Crippen LogP contribution in [0.2, 0.25) is 0 Å². The molecule has 2 aliphatic rings. The van der Waals surface area contributed by atoms with Crippen LogP contribution in [0.25, 0.3) is 11.1 Å². The van der Waals surface area contributed by atoms with Gasteiger partial charge in [0.25, 0.3) is 0 Å².